The van der Waals surface area contributed by atoms with Gasteiger partial charge in [0.25, 0.3) is 0 Å². The van der Waals surface area contributed by atoms with E-state index in [1.807, 2.05) is 0 Å². The molecule has 1 spiro atoms. The molecule has 2 aliphatic rings. The van der Waals surface area contributed by atoms with Crippen LogP contribution in [-0.4, -0.2) is 41.6 Å². The SMILES string of the molecule is C=CCCS(=O)(=O)N1CCC(CC(=O)O)CC12CC2. The molecular formula is C13H21NO4S. The average Bonchev–Trinajstić information content (AvgIpc) is 3.05. The maximum Gasteiger partial charge on any atom is 0.303 e. The van der Waals surface area contributed by atoms with E-state index in [0.29, 0.717) is 25.8 Å². The first kappa shape index (κ1) is 14.5. The summed E-state index contributed by atoms with van der Waals surface area (Å²) in [5.74, 6) is -0.559. The molecule has 1 heterocycles. The molecule has 0 aromatic heterocycles. The second-order valence-corrected chi connectivity index (χ2v) is 7.66. The van der Waals surface area contributed by atoms with Gasteiger partial charge in [0.2, 0.25) is 10.0 Å². The standard InChI is InChI=1S/C13H21NO4S/c1-2-3-8-19(17,18)14-7-4-11(9-12(15)16)10-13(14)5-6-13/h2,11H,1,3-10H2,(H,15,16). The van der Waals surface area contributed by atoms with Gasteiger partial charge in [-0.3, -0.25) is 4.79 Å². The molecule has 1 aliphatic heterocycles. The summed E-state index contributed by atoms with van der Waals surface area (Å²) in [7, 11) is -3.23. The number of hydrogen-bond donors (Lipinski definition) is 1. The van der Waals surface area contributed by atoms with Crippen LogP contribution in [0.2, 0.25) is 0 Å². The van der Waals surface area contributed by atoms with Crippen LogP contribution in [-0.2, 0) is 14.8 Å². The van der Waals surface area contributed by atoms with Crippen LogP contribution in [0.4, 0.5) is 0 Å². The fourth-order valence-electron chi connectivity index (χ4n) is 3.07. The zero-order valence-electron chi connectivity index (χ0n) is 11.0. The lowest BCUT2D eigenvalue weighted by molar-refractivity contribution is -0.138. The Morgan fingerprint density at radius 2 is 2.16 bits per heavy atom. The van der Waals surface area contributed by atoms with Crippen molar-refractivity contribution in [1.29, 1.82) is 0 Å². The van der Waals surface area contributed by atoms with Gasteiger partial charge in [0.05, 0.1) is 5.75 Å². The Morgan fingerprint density at radius 3 is 2.68 bits per heavy atom. The Hall–Kier alpha value is -0.880. The van der Waals surface area contributed by atoms with Crippen molar-refractivity contribution >= 4 is 16.0 Å². The number of piperidine rings is 1. The summed E-state index contributed by atoms with van der Waals surface area (Å²) in [4.78, 5) is 10.8. The van der Waals surface area contributed by atoms with E-state index in [1.165, 1.54) is 0 Å². The molecule has 0 amide bonds. The Kier molecular flexibility index (Phi) is 4.01. The van der Waals surface area contributed by atoms with Crippen molar-refractivity contribution in [3.8, 4) is 0 Å². The van der Waals surface area contributed by atoms with Crippen molar-refractivity contribution in [2.45, 2.75) is 44.1 Å². The zero-order valence-corrected chi connectivity index (χ0v) is 11.9. The van der Waals surface area contributed by atoms with Gasteiger partial charge in [-0.25, -0.2) is 8.42 Å². The summed E-state index contributed by atoms with van der Waals surface area (Å²) in [6.45, 7) is 4.03. The monoisotopic (exact) mass is 287 g/mol. The predicted molar refractivity (Wildman–Crippen MR) is 72.2 cm³/mol. The maximum absolute atomic E-state index is 12.3. The highest BCUT2D eigenvalue weighted by atomic mass is 32.2. The molecule has 1 atom stereocenters. The number of carbonyl (C=O) groups is 1. The number of carboxylic acids is 1. The molecule has 19 heavy (non-hydrogen) atoms. The molecule has 1 saturated carbocycles. The molecule has 0 aromatic carbocycles. The van der Waals surface area contributed by atoms with Crippen molar-refractivity contribution < 1.29 is 18.3 Å². The lowest BCUT2D eigenvalue weighted by Gasteiger charge is -2.38. The normalized spacial score (nSPS) is 26.2. The number of hydrogen-bond acceptors (Lipinski definition) is 3. The molecule has 1 unspecified atom stereocenters. The van der Waals surface area contributed by atoms with Gasteiger partial charge in [0.15, 0.2) is 0 Å². The Labute approximate surface area is 114 Å². The van der Waals surface area contributed by atoms with Crippen molar-refractivity contribution in [3.63, 3.8) is 0 Å². The molecule has 0 aromatic rings. The smallest absolute Gasteiger partial charge is 0.303 e. The second-order valence-electron chi connectivity index (χ2n) is 5.65. The van der Waals surface area contributed by atoms with Crippen molar-refractivity contribution in [2.24, 2.45) is 5.92 Å². The number of allylic oxidation sites excluding steroid dienone is 1. The number of nitrogens with zero attached hydrogens (tertiary/aromatic N) is 1. The quantitative estimate of drug-likeness (QED) is 0.753. The summed E-state index contributed by atoms with van der Waals surface area (Å²) >= 11 is 0. The summed E-state index contributed by atoms with van der Waals surface area (Å²) in [6.07, 6.45) is 5.34. The van der Waals surface area contributed by atoms with Crippen LogP contribution in [0.15, 0.2) is 12.7 Å². The van der Waals surface area contributed by atoms with E-state index in [0.717, 1.165) is 12.8 Å². The first-order valence-electron chi connectivity index (χ1n) is 6.73. The van der Waals surface area contributed by atoms with Gasteiger partial charge in [-0.1, -0.05) is 6.08 Å². The van der Waals surface area contributed by atoms with Crippen molar-refractivity contribution in [3.05, 3.63) is 12.7 Å². The van der Waals surface area contributed by atoms with Crippen molar-refractivity contribution in [1.82, 2.24) is 4.31 Å². The van der Waals surface area contributed by atoms with E-state index < -0.39 is 16.0 Å². The molecule has 2 rings (SSSR count). The van der Waals surface area contributed by atoms with Crippen LogP contribution in [0.3, 0.4) is 0 Å². The van der Waals surface area contributed by atoms with Crippen LogP contribution in [0.25, 0.3) is 0 Å². The Bertz CT molecular complexity index is 467. The number of rotatable bonds is 6. The van der Waals surface area contributed by atoms with E-state index >= 15 is 0 Å². The van der Waals surface area contributed by atoms with E-state index in [4.69, 9.17) is 5.11 Å². The molecule has 2 fully saturated rings. The summed E-state index contributed by atoms with van der Waals surface area (Å²) in [5, 5.41) is 8.86. The highest BCUT2D eigenvalue weighted by Crippen LogP contribution is 2.51. The first-order valence-corrected chi connectivity index (χ1v) is 8.34. The lowest BCUT2D eigenvalue weighted by atomic mass is 9.88. The van der Waals surface area contributed by atoms with Crippen molar-refractivity contribution in [2.75, 3.05) is 12.3 Å². The number of aliphatic carboxylic acids is 1. The van der Waals surface area contributed by atoms with Gasteiger partial charge in [0.1, 0.15) is 0 Å². The molecule has 1 aliphatic carbocycles. The molecule has 0 bridgehead atoms. The molecule has 5 nitrogen and oxygen atoms in total. The second kappa shape index (κ2) is 5.25. The average molecular weight is 287 g/mol. The highest BCUT2D eigenvalue weighted by Gasteiger charge is 2.55. The highest BCUT2D eigenvalue weighted by molar-refractivity contribution is 7.89. The topological polar surface area (TPSA) is 74.7 Å². The molecular weight excluding hydrogens is 266 g/mol. The third kappa shape index (κ3) is 3.17. The fourth-order valence-corrected chi connectivity index (χ4v) is 4.99. The van der Waals surface area contributed by atoms with Crippen LogP contribution in [0.5, 0.6) is 0 Å². The largest absolute Gasteiger partial charge is 0.481 e. The minimum Gasteiger partial charge on any atom is -0.481 e. The van der Waals surface area contributed by atoms with Gasteiger partial charge in [-0.05, 0) is 38.0 Å². The third-order valence-electron chi connectivity index (χ3n) is 4.14. The fraction of sp³-hybridized carbons (Fsp3) is 0.769. The van der Waals surface area contributed by atoms with Crippen LogP contribution >= 0.6 is 0 Å². The first-order chi connectivity index (χ1) is 8.89. The summed E-state index contributed by atoms with van der Waals surface area (Å²) < 4.78 is 26.2. The number of sulfonamides is 1. The van der Waals surface area contributed by atoms with Crippen LogP contribution in [0.1, 0.15) is 38.5 Å². The number of carboxylic acid groups (broad SMARTS) is 1. The van der Waals surface area contributed by atoms with Gasteiger partial charge in [-0.15, -0.1) is 6.58 Å². The molecule has 108 valence electrons. The maximum atomic E-state index is 12.3. The van der Waals surface area contributed by atoms with E-state index in [1.54, 1.807) is 10.4 Å². The Morgan fingerprint density at radius 1 is 1.47 bits per heavy atom. The molecule has 1 N–H and O–H groups in total. The molecule has 0 radical (unpaired) electrons. The Balaban J connectivity index is 2.05. The summed E-state index contributed by atoms with van der Waals surface area (Å²) in [5.41, 5.74) is -0.266. The van der Waals surface area contributed by atoms with Crippen LogP contribution < -0.4 is 0 Å². The van der Waals surface area contributed by atoms with Crippen LogP contribution in [0, 0.1) is 5.92 Å². The minimum absolute atomic E-state index is 0.113. The van der Waals surface area contributed by atoms with Gasteiger partial charge >= 0.3 is 5.97 Å². The van der Waals surface area contributed by atoms with E-state index in [-0.39, 0.29) is 23.6 Å². The molecule has 6 heteroatoms. The van der Waals surface area contributed by atoms with E-state index in [2.05, 4.69) is 6.58 Å². The molecule has 1 saturated heterocycles. The summed E-state index contributed by atoms with van der Waals surface area (Å²) in [6, 6.07) is 0. The van der Waals surface area contributed by atoms with Gasteiger partial charge < -0.3 is 5.11 Å². The minimum atomic E-state index is -3.23. The van der Waals surface area contributed by atoms with Gasteiger partial charge in [-0.2, -0.15) is 4.31 Å². The third-order valence-corrected chi connectivity index (χ3v) is 6.14. The lowest BCUT2D eigenvalue weighted by Crippen LogP contribution is -2.48. The predicted octanol–water partition coefficient (Wildman–Crippen LogP) is 1.61. The van der Waals surface area contributed by atoms with E-state index in [9.17, 15) is 13.2 Å². The zero-order chi connectivity index (χ0) is 14.1. The van der Waals surface area contributed by atoms with Gasteiger partial charge in [0, 0.05) is 18.5 Å².